The minimum Gasteiger partial charge on any atom is -0.399 e. The van der Waals surface area contributed by atoms with Gasteiger partial charge in [0, 0.05) is 35.5 Å². The molecular formula is C14H21N3O2. The lowest BCUT2D eigenvalue weighted by atomic mass is 9.64. The van der Waals surface area contributed by atoms with E-state index >= 15 is 0 Å². The number of hydrogen-bond acceptors (Lipinski definition) is 4. The molecule has 1 aliphatic rings. The molecule has 0 heterocycles. The smallest absolute Gasteiger partial charge is 0.251 e. The number of carbonyl (C=O) groups excluding carboxylic acids is 1. The Morgan fingerprint density at radius 3 is 2.37 bits per heavy atom. The molecule has 1 aromatic rings. The van der Waals surface area contributed by atoms with Crippen LogP contribution in [0.4, 0.5) is 11.4 Å². The molecule has 1 saturated carbocycles. The van der Waals surface area contributed by atoms with Crippen molar-refractivity contribution < 1.29 is 9.53 Å². The van der Waals surface area contributed by atoms with Gasteiger partial charge >= 0.3 is 0 Å². The minimum absolute atomic E-state index is 0.0592. The summed E-state index contributed by atoms with van der Waals surface area (Å²) in [4.78, 5) is 12.2. The normalized spacial score (nSPS) is 24.6. The van der Waals surface area contributed by atoms with Gasteiger partial charge in [-0.15, -0.1) is 0 Å². The van der Waals surface area contributed by atoms with Crippen LogP contribution in [0.15, 0.2) is 18.2 Å². The summed E-state index contributed by atoms with van der Waals surface area (Å²) in [7, 11) is 1.70. The summed E-state index contributed by atoms with van der Waals surface area (Å²) < 4.78 is 5.37. The Bertz CT molecular complexity index is 479. The lowest BCUT2D eigenvalue weighted by molar-refractivity contribution is -0.0942. The Labute approximate surface area is 113 Å². The lowest BCUT2D eigenvalue weighted by Crippen LogP contribution is -2.61. The lowest BCUT2D eigenvalue weighted by Gasteiger charge is -2.51. The summed E-state index contributed by atoms with van der Waals surface area (Å²) in [5, 5.41) is 3.01. The highest BCUT2D eigenvalue weighted by Gasteiger charge is 2.49. The molecule has 2 unspecified atom stereocenters. The molecule has 1 aliphatic carbocycles. The van der Waals surface area contributed by atoms with Gasteiger partial charge in [-0.2, -0.15) is 0 Å². The van der Waals surface area contributed by atoms with Gasteiger partial charge in [-0.25, -0.2) is 0 Å². The number of nitrogens with two attached hydrogens (primary N) is 2. The van der Waals surface area contributed by atoms with E-state index in [0.29, 0.717) is 16.9 Å². The van der Waals surface area contributed by atoms with E-state index in [1.54, 1.807) is 25.3 Å². The Kier molecular flexibility index (Phi) is 3.41. The second-order valence-corrected chi connectivity index (χ2v) is 5.70. The Morgan fingerprint density at radius 1 is 1.32 bits per heavy atom. The molecule has 5 heteroatoms. The van der Waals surface area contributed by atoms with E-state index < -0.39 is 0 Å². The molecular weight excluding hydrogens is 242 g/mol. The first-order chi connectivity index (χ1) is 8.84. The van der Waals surface area contributed by atoms with Gasteiger partial charge in [0.15, 0.2) is 0 Å². The van der Waals surface area contributed by atoms with E-state index in [4.69, 9.17) is 16.2 Å². The number of nitrogen functional groups attached to an aromatic ring is 2. The van der Waals surface area contributed by atoms with Crippen LogP contribution < -0.4 is 16.8 Å². The highest BCUT2D eigenvalue weighted by Crippen LogP contribution is 2.42. The van der Waals surface area contributed by atoms with Crippen molar-refractivity contribution in [2.24, 2.45) is 5.41 Å². The maximum Gasteiger partial charge on any atom is 0.251 e. The van der Waals surface area contributed by atoms with Crippen molar-refractivity contribution in [3.05, 3.63) is 23.8 Å². The number of benzene rings is 1. The molecule has 5 N–H and O–H groups in total. The maximum atomic E-state index is 12.2. The first-order valence-corrected chi connectivity index (χ1v) is 6.34. The highest BCUT2D eigenvalue weighted by atomic mass is 16.5. The summed E-state index contributed by atoms with van der Waals surface area (Å²) in [5.41, 5.74) is 12.8. The van der Waals surface area contributed by atoms with Crippen molar-refractivity contribution in [3.8, 4) is 0 Å². The van der Waals surface area contributed by atoms with Gasteiger partial charge in [0.25, 0.3) is 5.91 Å². The predicted molar refractivity (Wildman–Crippen MR) is 75.7 cm³/mol. The first-order valence-electron chi connectivity index (χ1n) is 6.34. The monoisotopic (exact) mass is 263 g/mol. The van der Waals surface area contributed by atoms with Crippen LogP contribution in [-0.2, 0) is 4.74 Å². The van der Waals surface area contributed by atoms with Crippen molar-refractivity contribution in [1.29, 1.82) is 0 Å². The number of ether oxygens (including phenoxy) is 1. The van der Waals surface area contributed by atoms with Crippen molar-refractivity contribution >= 4 is 17.3 Å². The number of nitrogens with one attached hydrogen (secondary N) is 1. The van der Waals surface area contributed by atoms with E-state index in [9.17, 15) is 4.79 Å². The van der Waals surface area contributed by atoms with E-state index in [2.05, 4.69) is 19.2 Å². The highest BCUT2D eigenvalue weighted by molar-refractivity contribution is 5.96. The van der Waals surface area contributed by atoms with Crippen LogP contribution in [0.5, 0.6) is 0 Å². The summed E-state index contributed by atoms with van der Waals surface area (Å²) >= 11 is 0. The average molecular weight is 263 g/mol. The number of rotatable bonds is 3. The second-order valence-electron chi connectivity index (χ2n) is 5.70. The van der Waals surface area contributed by atoms with Crippen LogP contribution in [-0.4, -0.2) is 25.2 Å². The number of amides is 1. The van der Waals surface area contributed by atoms with Crippen molar-refractivity contribution in [1.82, 2.24) is 5.32 Å². The molecule has 0 spiro atoms. The maximum absolute atomic E-state index is 12.2. The molecule has 5 nitrogen and oxygen atoms in total. The molecule has 2 atom stereocenters. The fourth-order valence-electron chi connectivity index (χ4n) is 2.58. The molecule has 1 amide bonds. The standard InChI is InChI=1S/C14H21N3O2/c1-14(2)11(7-12(14)19-3)17-13(18)8-4-9(15)6-10(16)5-8/h4-6,11-12H,7,15-16H2,1-3H3,(H,17,18). The average Bonchev–Trinajstić information content (AvgIpc) is 2.32. The Hall–Kier alpha value is -1.75. The molecule has 0 aliphatic heterocycles. The van der Waals surface area contributed by atoms with E-state index in [1.165, 1.54) is 0 Å². The van der Waals surface area contributed by atoms with Gasteiger partial charge in [0.1, 0.15) is 0 Å². The van der Waals surface area contributed by atoms with Crippen molar-refractivity contribution in [2.75, 3.05) is 18.6 Å². The van der Waals surface area contributed by atoms with Crippen LogP contribution in [0.1, 0.15) is 30.6 Å². The molecule has 1 aromatic carbocycles. The van der Waals surface area contributed by atoms with Gasteiger partial charge < -0.3 is 21.5 Å². The summed E-state index contributed by atoms with van der Waals surface area (Å²) in [6, 6.07) is 4.99. The van der Waals surface area contributed by atoms with Gasteiger partial charge in [-0.1, -0.05) is 13.8 Å². The van der Waals surface area contributed by atoms with Gasteiger partial charge in [-0.05, 0) is 24.6 Å². The first kappa shape index (κ1) is 13.7. The zero-order chi connectivity index (χ0) is 14.2. The van der Waals surface area contributed by atoms with Gasteiger partial charge in [-0.3, -0.25) is 4.79 Å². The fourth-order valence-corrected chi connectivity index (χ4v) is 2.58. The van der Waals surface area contributed by atoms with E-state index in [1.807, 2.05) is 0 Å². The SMILES string of the molecule is COC1CC(NC(=O)c2cc(N)cc(N)c2)C1(C)C. The minimum atomic E-state index is -0.147. The second kappa shape index (κ2) is 4.74. The molecule has 19 heavy (non-hydrogen) atoms. The van der Waals surface area contributed by atoms with Gasteiger partial charge in [0.05, 0.1) is 6.10 Å². The third-order valence-corrected chi connectivity index (χ3v) is 4.01. The summed E-state index contributed by atoms with van der Waals surface area (Å²) in [6.07, 6.45) is 1.01. The molecule has 2 rings (SSSR count). The zero-order valence-corrected chi connectivity index (χ0v) is 11.6. The largest absolute Gasteiger partial charge is 0.399 e. The molecule has 0 saturated heterocycles. The molecule has 0 bridgehead atoms. The van der Waals surface area contributed by atoms with Crippen LogP contribution in [0, 0.1) is 5.41 Å². The molecule has 0 aromatic heterocycles. The third kappa shape index (κ3) is 2.51. The molecule has 1 fully saturated rings. The summed E-state index contributed by atoms with van der Waals surface area (Å²) in [6.45, 7) is 4.17. The molecule has 104 valence electrons. The third-order valence-electron chi connectivity index (χ3n) is 4.01. The van der Waals surface area contributed by atoms with Crippen LogP contribution in [0.3, 0.4) is 0 Å². The zero-order valence-electron chi connectivity index (χ0n) is 11.6. The predicted octanol–water partition coefficient (Wildman–Crippen LogP) is 1.39. The number of methoxy groups -OCH3 is 1. The number of anilines is 2. The number of carbonyl (C=O) groups is 1. The van der Waals surface area contributed by atoms with E-state index in [0.717, 1.165) is 6.42 Å². The molecule has 0 radical (unpaired) electrons. The van der Waals surface area contributed by atoms with Crippen LogP contribution >= 0.6 is 0 Å². The Morgan fingerprint density at radius 2 is 1.89 bits per heavy atom. The quantitative estimate of drug-likeness (QED) is 0.719. The topological polar surface area (TPSA) is 90.4 Å². The van der Waals surface area contributed by atoms with E-state index in [-0.39, 0.29) is 23.5 Å². The number of hydrogen-bond donors (Lipinski definition) is 3. The van der Waals surface area contributed by atoms with Crippen molar-refractivity contribution in [3.63, 3.8) is 0 Å². The van der Waals surface area contributed by atoms with Crippen LogP contribution in [0.25, 0.3) is 0 Å². The van der Waals surface area contributed by atoms with Crippen LogP contribution in [0.2, 0.25) is 0 Å². The fraction of sp³-hybridized carbons (Fsp3) is 0.500. The van der Waals surface area contributed by atoms with Gasteiger partial charge in [0.2, 0.25) is 0 Å². The summed E-state index contributed by atoms with van der Waals surface area (Å²) in [5.74, 6) is -0.147. The Balaban J connectivity index is 2.06. The van der Waals surface area contributed by atoms with Crippen molar-refractivity contribution in [2.45, 2.75) is 32.4 Å².